The maximum Gasteiger partial charge on any atom is 0.329 e. The Labute approximate surface area is 152 Å². The van der Waals surface area contributed by atoms with Crippen molar-refractivity contribution in [2.45, 2.75) is 13.5 Å². The van der Waals surface area contributed by atoms with Gasteiger partial charge in [0.1, 0.15) is 18.1 Å². The van der Waals surface area contributed by atoms with Crippen molar-refractivity contribution in [3.8, 4) is 5.75 Å². The fourth-order valence-corrected chi connectivity index (χ4v) is 2.66. The number of carbonyl (C=O) groups is 2. The Hall–Kier alpha value is -3.34. The second-order valence-electron chi connectivity index (χ2n) is 6.04. The van der Waals surface area contributed by atoms with Gasteiger partial charge in [0.25, 0.3) is 5.91 Å². The van der Waals surface area contributed by atoms with Crippen molar-refractivity contribution in [1.29, 1.82) is 0 Å². The lowest BCUT2D eigenvalue weighted by Crippen LogP contribution is -2.30. The summed E-state index contributed by atoms with van der Waals surface area (Å²) in [5.74, 6) is 0.387. The lowest BCUT2D eigenvalue weighted by molar-refractivity contribution is -0.122. The molecule has 3 rings (SSSR count). The number of hydrogen-bond donors (Lipinski definition) is 1. The molecule has 0 atom stereocenters. The Morgan fingerprint density at radius 2 is 1.92 bits per heavy atom. The summed E-state index contributed by atoms with van der Waals surface area (Å²) in [6, 6.07) is 15.1. The summed E-state index contributed by atoms with van der Waals surface area (Å²) >= 11 is 0. The summed E-state index contributed by atoms with van der Waals surface area (Å²) < 4.78 is 5.78. The molecule has 3 amide bonds. The molecule has 1 fully saturated rings. The molecule has 1 aliphatic rings. The van der Waals surface area contributed by atoms with Gasteiger partial charge in [-0.3, -0.25) is 9.69 Å². The molecule has 1 aliphatic heterocycles. The van der Waals surface area contributed by atoms with Gasteiger partial charge in [0, 0.05) is 6.54 Å². The fraction of sp³-hybridized carbons (Fsp3) is 0.143. The molecule has 1 saturated heterocycles. The number of amides is 3. The summed E-state index contributed by atoms with van der Waals surface area (Å²) in [6.45, 7) is 6.28. The van der Waals surface area contributed by atoms with E-state index in [4.69, 9.17) is 4.74 Å². The SMILES string of the molecule is C=CCN1C(=O)N/C(=C/c2ccc(OCc3cccc(C)c3)cc2)C1=O. The van der Waals surface area contributed by atoms with Crippen molar-refractivity contribution in [1.82, 2.24) is 10.2 Å². The Morgan fingerprint density at radius 1 is 1.15 bits per heavy atom. The molecule has 2 aromatic rings. The molecule has 2 aromatic carbocycles. The number of nitrogens with zero attached hydrogens (tertiary/aromatic N) is 1. The third-order valence-corrected chi connectivity index (χ3v) is 3.95. The van der Waals surface area contributed by atoms with E-state index in [-0.39, 0.29) is 18.1 Å². The van der Waals surface area contributed by atoms with E-state index >= 15 is 0 Å². The zero-order valence-corrected chi connectivity index (χ0v) is 14.6. The largest absolute Gasteiger partial charge is 0.489 e. The van der Waals surface area contributed by atoms with Crippen LogP contribution in [0.25, 0.3) is 6.08 Å². The van der Waals surface area contributed by atoms with Gasteiger partial charge < -0.3 is 10.1 Å². The molecule has 0 saturated carbocycles. The van der Waals surface area contributed by atoms with Gasteiger partial charge in [-0.15, -0.1) is 6.58 Å². The third kappa shape index (κ3) is 4.00. The van der Waals surface area contributed by atoms with E-state index in [0.29, 0.717) is 6.61 Å². The van der Waals surface area contributed by atoms with Crippen LogP contribution in [-0.4, -0.2) is 23.4 Å². The first kappa shape index (κ1) is 17.5. The van der Waals surface area contributed by atoms with Crippen LogP contribution >= 0.6 is 0 Å². The van der Waals surface area contributed by atoms with Crippen molar-refractivity contribution in [2.24, 2.45) is 0 Å². The highest BCUT2D eigenvalue weighted by atomic mass is 16.5. The molecule has 26 heavy (non-hydrogen) atoms. The number of aryl methyl sites for hydroxylation is 1. The van der Waals surface area contributed by atoms with Gasteiger partial charge in [-0.05, 0) is 36.3 Å². The van der Waals surface area contributed by atoms with Crippen LogP contribution in [0.4, 0.5) is 4.79 Å². The van der Waals surface area contributed by atoms with E-state index in [1.807, 2.05) is 49.4 Å². The van der Waals surface area contributed by atoms with Crippen LogP contribution in [0.1, 0.15) is 16.7 Å². The first-order chi connectivity index (χ1) is 12.6. The molecule has 0 bridgehead atoms. The van der Waals surface area contributed by atoms with E-state index in [0.717, 1.165) is 21.8 Å². The highest BCUT2D eigenvalue weighted by Crippen LogP contribution is 2.18. The van der Waals surface area contributed by atoms with Crippen molar-refractivity contribution in [3.05, 3.63) is 83.6 Å². The summed E-state index contributed by atoms with van der Waals surface area (Å²) in [7, 11) is 0. The molecule has 0 spiro atoms. The zero-order chi connectivity index (χ0) is 18.5. The predicted octanol–water partition coefficient (Wildman–Crippen LogP) is 3.65. The fourth-order valence-electron chi connectivity index (χ4n) is 2.66. The van der Waals surface area contributed by atoms with Gasteiger partial charge in [0.15, 0.2) is 0 Å². The average Bonchev–Trinajstić information content (AvgIpc) is 2.89. The maximum absolute atomic E-state index is 12.2. The van der Waals surface area contributed by atoms with E-state index in [2.05, 4.69) is 18.0 Å². The molecule has 0 radical (unpaired) electrons. The van der Waals surface area contributed by atoms with Crippen molar-refractivity contribution in [3.63, 3.8) is 0 Å². The lowest BCUT2D eigenvalue weighted by atomic mass is 10.1. The van der Waals surface area contributed by atoms with Crippen LogP contribution in [0.15, 0.2) is 66.9 Å². The predicted molar refractivity (Wildman–Crippen MR) is 100 cm³/mol. The minimum Gasteiger partial charge on any atom is -0.489 e. The van der Waals surface area contributed by atoms with Crippen LogP contribution in [0.3, 0.4) is 0 Å². The maximum atomic E-state index is 12.2. The smallest absolute Gasteiger partial charge is 0.329 e. The monoisotopic (exact) mass is 348 g/mol. The lowest BCUT2D eigenvalue weighted by Gasteiger charge is -2.07. The van der Waals surface area contributed by atoms with E-state index in [1.165, 1.54) is 11.6 Å². The van der Waals surface area contributed by atoms with Gasteiger partial charge in [-0.2, -0.15) is 0 Å². The van der Waals surface area contributed by atoms with Crippen LogP contribution in [0.5, 0.6) is 5.75 Å². The number of urea groups is 1. The summed E-state index contributed by atoms with van der Waals surface area (Å²) in [5, 5.41) is 2.57. The number of benzene rings is 2. The Kier molecular flexibility index (Phi) is 5.17. The Morgan fingerprint density at radius 3 is 2.62 bits per heavy atom. The molecule has 5 heteroatoms. The van der Waals surface area contributed by atoms with Crippen molar-refractivity contribution >= 4 is 18.0 Å². The minimum atomic E-state index is -0.431. The molecule has 0 aliphatic carbocycles. The average molecular weight is 348 g/mol. The number of carbonyl (C=O) groups excluding carboxylic acids is 2. The Balaban J connectivity index is 1.65. The van der Waals surface area contributed by atoms with Crippen molar-refractivity contribution in [2.75, 3.05) is 6.54 Å². The van der Waals surface area contributed by atoms with Gasteiger partial charge in [-0.1, -0.05) is 48.0 Å². The molecular weight excluding hydrogens is 328 g/mol. The summed E-state index contributed by atoms with van der Waals surface area (Å²) in [4.78, 5) is 25.0. The molecule has 5 nitrogen and oxygen atoms in total. The van der Waals surface area contributed by atoms with Gasteiger partial charge in [0.2, 0.25) is 0 Å². The first-order valence-corrected chi connectivity index (χ1v) is 8.30. The van der Waals surface area contributed by atoms with Crippen LogP contribution in [-0.2, 0) is 11.4 Å². The topological polar surface area (TPSA) is 58.6 Å². The summed E-state index contributed by atoms with van der Waals surface area (Å²) in [6.07, 6.45) is 3.16. The molecular formula is C21H20N2O3. The normalized spacial score (nSPS) is 15.3. The molecule has 1 heterocycles. The molecule has 1 N–H and O–H groups in total. The van der Waals surface area contributed by atoms with E-state index in [1.54, 1.807) is 6.08 Å². The second kappa shape index (κ2) is 7.70. The van der Waals surface area contributed by atoms with Gasteiger partial charge in [-0.25, -0.2) is 4.79 Å². The molecule has 0 aromatic heterocycles. The quantitative estimate of drug-likeness (QED) is 0.492. The van der Waals surface area contributed by atoms with E-state index in [9.17, 15) is 9.59 Å². The summed E-state index contributed by atoms with van der Waals surface area (Å²) in [5.41, 5.74) is 3.36. The number of ether oxygens (including phenoxy) is 1. The van der Waals surface area contributed by atoms with Gasteiger partial charge in [0.05, 0.1) is 0 Å². The van der Waals surface area contributed by atoms with Crippen LogP contribution in [0, 0.1) is 6.92 Å². The van der Waals surface area contributed by atoms with Crippen LogP contribution < -0.4 is 10.1 Å². The number of hydrogen-bond acceptors (Lipinski definition) is 3. The highest BCUT2D eigenvalue weighted by molar-refractivity contribution is 6.14. The van der Waals surface area contributed by atoms with Crippen molar-refractivity contribution < 1.29 is 14.3 Å². The number of rotatable bonds is 6. The Bertz CT molecular complexity index is 869. The molecule has 0 unspecified atom stereocenters. The van der Waals surface area contributed by atoms with E-state index < -0.39 is 6.03 Å². The minimum absolute atomic E-state index is 0.188. The number of nitrogens with one attached hydrogen (secondary N) is 1. The standard InChI is InChI=1S/C21H20N2O3/c1-3-11-23-20(24)19(22-21(23)25)13-16-7-9-18(10-8-16)26-14-17-6-4-5-15(2)12-17/h3-10,12-13H,1,11,14H2,2H3,(H,22,25)/b19-13+. The highest BCUT2D eigenvalue weighted by Gasteiger charge is 2.32. The second-order valence-corrected chi connectivity index (χ2v) is 6.04. The van der Waals surface area contributed by atoms with Gasteiger partial charge >= 0.3 is 6.03 Å². The molecule has 132 valence electrons. The van der Waals surface area contributed by atoms with Crippen LogP contribution in [0.2, 0.25) is 0 Å². The number of imide groups is 1. The zero-order valence-electron chi connectivity index (χ0n) is 14.6. The third-order valence-electron chi connectivity index (χ3n) is 3.95. The first-order valence-electron chi connectivity index (χ1n) is 8.30.